The number of carbonyl (C=O) groups is 1. The van der Waals surface area contributed by atoms with Gasteiger partial charge >= 0.3 is 0 Å². The molecule has 0 aliphatic rings. The summed E-state index contributed by atoms with van der Waals surface area (Å²) in [6.45, 7) is 0. The Hall–Kier alpha value is -2.69. The highest BCUT2D eigenvalue weighted by Gasteiger charge is 2.16. The molecule has 20 heavy (non-hydrogen) atoms. The van der Waals surface area contributed by atoms with Gasteiger partial charge in [-0.05, 0) is 23.3 Å². The molecule has 0 saturated heterocycles. The minimum atomic E-state index is -0.465. The number of rotatable bonds is 4. The summed E-state index contributed by atoms with van der Waals surface area (Å²) in [5.41, 5.74) is 2.19. The van der Waals surface area contributed by atoms with E-state index in [-0.39, 0.29) is 18.0 Å². The molecule has 0 aromatic heterocycles. The van der Waals surface area contributed by atoms with E-state index in [0.717, 1.165) is 11.1 Å². The Bertz CT molecular complexity index is 639. The fraction of sp³-hybridized carbons (Fsp3) is 0.133. The summed E-state index contributed by atoms with van der Waals surface area (Å²) < 4.78 is 0. The predicted molar refractivity (Wildman–Crippen MR) is 76.3 cm³/mol. The van der Waals surface area contributed by atoms with E-state index in [0.29, 0.717) is 5.56 Å². The van der Waals surface area contributed by atoms with Crippen LogP contribution in [0.25, 0.3) is 11.1 Å². The molecule has 5 heteroatoms. The Balaban J connectivity index is 2.45. The molecule has 2 aromatic carbocycles. The molecule has 0 fully saturated rings. The van der Waals surface area contributed by atoms with Crippen molar-refractivity contribution in [2.45, 2.75) is 6.42 Å². The number of benzene rings is 2. The van der Waals surface area contributed by atoms with Crippen LogP contribution in [-0.4, -0.2) is 17.9 Å². The number of hydrogen-bond donors (Lipinski definition) is 1. The molecule has 0 unspecified atom stereocenters. The monoisotopic (exact) mass is 270 g/mol. The van der Waals surface area contributed by atoms with Crippen LogP contribution in [0.2, 0.25) is 0 Å². The van der Waals surface area contributed by atoms with E-state index in [2.05, 4.69) is 5.32 Å². The number of likely N-dealkylation sites (N-methyl/N-ethyl adjacent to an activating group) is 1. The number of nitro groups is 1. The van der Waals surface area contributed by atoms with Crippen molar-refractivity contribution in [1.29, 1.82) is 0 Å². The van der Waals surface area contributed by atoms with E-state index < -0.39 is 4.92 Å². The normalized spacial score (nSPS) is 10.1. The highest BCUT2D eigenvalue weighted by Crippen LogP contribution is 2.26. The molecule has 0 aliphatic carbocycles. The fourth-order valence-corrected chi connectivity index (χ4v) is 1.98. The lowest BCUT2D eigenvalue weighted by Crippen LogP contribution is -2.20. The number of nitrogens with zero attached hydrogens (tertiary/aromatic N) is 1. The molecule has 1 N–H and O–H groups in total. The second-order valence-electron chi connectivity index (χ2n) is 4.32. The maximum absolute atomic E-state index is 11.5. The van der Waals surface area contributed by atoms with E-state index in [1.165, 1.54) is 13.1 Å². The van der Waals surface area contributed by atoms with Crippen LogP contribution < -0.4 is 5.32 Å². The van der Waals surface area contributed by atoms with Gasteiger partial charge in [0.2, 0.25) is 5.91 Å². The lowest BCUT2D eigenvalue weighted by atomic mass is 10.00. The van der Waals surface area contributed by atoms with Crippen LogP contribution in [-0.2, 0) is 11.2 Å². The number of nitrogens with one attached hydrogen (secondary N) is 1. The summed E-state index contributed by atoms with van der Waals surface area (Å²) in [6.07, 6.45) is -0.00646. The number of nitro benzene ring substituents is 1. The van der Waals surface area contributed by atoms with Gasteiger partial charge < -0.3 is 5.32 Å². The van der Waals surface area contributed by atoms with Crippen LogP contribution in [0.15, 0.2) is 48.5 Å². The Morgan fingerprint density at radius 3 is 2.45 bits per heavy atom. The minimum absolute atomic E-state index is 0.00646. The SMILES string of the molecule is CNC(=O)Cc1cc(-c2ccccc2)ccc1[N+](=O)[O-]. The van der Waals surface area contributed by atoms with Crippen molar-refractivity contribution >= 4 is 11.6 Å². The van der Waals surface area contributed by atoms with Crippen LogP contribution in [0.3, 0.4) is 0 Å². The van der Waals surface area contributed by atoms with Crippen molar-refractivity contribution < 1.29 is 9.72 Å². The van der Waals surface area contributed by atoms with Gasteiger partial charge in [0.15, 0.2) is 0 Å². The molecule has 0 spiro atoms. The zero-order chi connectivity index (χ0) is 14.5. The number of amides is 1. The van der Waals surface area contributed by atoms with E-state index in [1.54, 1.807) is 12.1 Å². The van der Waals surface area contributed by atoms with Gasteiger partial charge in [-0.25, -0.2) is 0 Å². The van der Waals surface area contributed by atoms with Gasteiger partial charge in [-0.15, -0.1) is 0 Å². The minimum Gasteiger partial charge on any atom is -0.359 e. The summed E-state index contributed by atoms with van der Waals surface area (Å²) in [6, 6.07) is 14.4. The van der Waals surface area contributed by atoms with Crippen LogP contribution >= 0.6 is 0 Å². The van der Waals surface area contributed by atoms with Crippen molar-refractivity contribution in [2.75, 3.05) is 7.05 Å². The average Bonchev–Trinajstić information content (AvgIpc) is 2.47. The zero-order valence-corrected chi connectivity index (χ0v) is 11.0. The summed E-state index contributed by atoms with van der Waals surface area (Å²) in [5.74, 6) is -0.252. The molecule has 0 heterocycles. The first-order chi connectivity index (χ1) is 9.61. The second kappa shape index (κ2) is 5.97. The van der Waals surface area contributed by atoms with E-state index in [4.69, 9.17) is 0 Å². The molecule has 0 bridgehead atoms. The lowest BCUT2D eigenvalue weighted by Gasteiger charge is -2.06. The molecule has 0 aliphatic heterocycles. The predicted octanol–water partition coefficient (Wildman–Crippen LogP) is 2.55. The molecule has 5 nitrogen and oxygen atoms in total. The Kier molecular flexibility index (Phi) is 4.10. The summed E-state index contributed by atoms with van der Waals surface area (Å²) in [4.78, 5) is 22.0. The topological polar surface area (TPSA) is 72.2 Å². The third-order valence-electron chi connectivity index (χ3n) is 3.01. The van der Waals surface area contributed by atoms with E-state index in [1.807, 2.05) is 30.3 Å². The first-order valence-corrected chi connectivity index (χ1v) is 6.15. The number of hydrogen-bond acceptors (Lipinski definition) is 3. The molecule has 102 valence electrons. The maximum Gasteiger partial charge on any atom is 0.273 e. The Labute approximate surface area is 116 Å². The van der Waals surface area contributed by atoms with Crippen molar-refractivity contribution in [2.24, 2.45) is 0 Å². The Morgan fingerprint density at radius 2 is 1.85 bits per heavy atom. The molecule has 1 amide bonds. The number of carbonyl (C=O) groups excluding carboxylic acids is 1. The smallest absolute Gasteiger partial charge is 0.273 e. The first-order valence-electron chi connectivity index (χ1n) is 6.15. The van der Waals surface area contributed by atoms with Crippen LogP contribution in [0, 0.1) is 10.1 Å². The second-order valence-corrected chi connectivity index (χ2v) is 4.32. The fourth-order valence-electron chi connectivity index (χ4n) is 1.98. The summed E-state index contributed by atoms with van der Waals surface area (Å²) >= 11 is 0. The molecule has 2 rings (SSSR count). The third-order valence-corrected chi connectivity index (χ3v) is 3.01. The quantitative estimate of drug-likeness (QED) is 0.685. The van der Waals surface area contributed by atoms with E-state index >= 15 is 0 Å². The van der Waals surface area contributed by atoms with Crippen LogP contribution in [0.4, 0.5) is 5.69 Å². The summed E-state index contributed by atoms with van der Waals surface area (Å²) in [7, 11) is 1.51. The highest BCUT2D eigenvalue weighted by atomic mass is 16.6. The average molecular weight is 270 g/mol. The van der Waals surface area contributed by atoms with Crippen LogP contribution in [0.1, 0.15) is 5.56 Å². The van der Waals surface area contributed by atoms with Crippen LogP contribution in [0.5, 0.6) is 0 Å². The van der Waals surface area contributed by atoms with Gasteiger partial charge in [0.05, 0.1) is 11.3 Å². The van der Waals surface area contributed by atoms with Gasteiger partial charge in [0, 0.05) is 18.7 Å². The molecule has 0 atom stereocenters. The molecule has 0 saturated carbocycles. The van der Waals surface area contributed by atoms with Crippen molar-refractivity contribution in [3.05, 3.63) is 64.2 Å². The summed E-state index contributed by atoms with van der Waals surface area (Å²) in [5, 5.41) is 13.5. The van der Waals surface area contributed by atoms with Gasteiger partial charge in [-0.2, -0.15) is 0 Å². The molecule has 0 radical (unpaired) electrons. The van der Waals surface area contributed by atoms with Crippen molar-refractivity contribution in [1.82, 2.24) is 5.32 Å². The molecular formula is C15H14N2O3. The third kappa shape index (κ3) is 3.00. The largest absolute Gasteiger partial charge is 0.359 e. The van der Waals surface area contributed by atoms with Crippen molar-refractivity contribution in [3.63, 3.8) is 0 Å². The van der Waals surface area contributed by atoms with Gasteiger partial charge in [-0.1, -0.05) is 30.3 Å². The van der Waals surface area contributed by atoms with Gasteiger partial charge in [0.1, 0.15) is 0 Å². The zero-order valence-electron chi connectivity index (χ0n) is 11.0. The van der Waals surface area contributed by atoms with E-state index in [9.17, 15) is 14.9 Å². The van der Waals surface area contributed by atoms with Gasteiger partial charge in [-0.3, -0.25) is 14.9 Å². The standard InChI is InChI=1S/C15H14N2O3/c1-16-15(18)10-13-9-12(7-8-14(13)17(19)20)11-5-3-2-4-6-11/h2-9H,10H2,1H3,(H,16,18). The highest BCUT2D eigenvalue weighted by molar-refractivity contribution is 5.80. The molecule has 2 aromatic rings. The van der Waals surface area contributed by atoms with Gasteiger partial charge in [0.25, 0.3) is 5.69 Å². The van der Waals surface area contributed by atoms with Crippen molar-refractivity contribution in [3.8, 4) is 11.1 Å². The molecular weight excluding hydrogens is 256 g/mol. The maximum atomic E-state index is 11.5. The first kappa shape index (κ1) is 13.7. The lowest BCUT2D eigenvalue weighted by molar-refractivity contribution is -0.385. The Morgan fingerprint density at radius 1 is 1.15 bits per heavy atom.